The molecule has 0 bridgehead atoms. The predicted octanol–water partition coefficient (Wildman–Crippen LogP) is 2.90. The summed E-state index contributed by atoms with van der Waals surface area (Å²) in [5.41, 5.74) is 2.72. The first-order valence-corrected chi connectivity index (χ1v) is 7.94. The first kappa shape index (κ1) is 15.8. The number of hydrogen-bond acceptors (Lipinski definition) is 4. The Hall–Kier alpha value is -2.11. The number of carbonyl (C=O) groups is 1. The first-order valence-electron chi connectivity index (χ1n) is 7.56. The maximum absolute atomic E-state index is 11.2. The Labute approximate surface area is 139 Å². The molecule has 23 heavy (non-hydrogen) atoms. The van der Waals surface area contributed by atoms with Gasteiger partial charge in [-0.2, -0.15) is 0 Å². The number of fused-ring (bicyclic) bond motifs is 1. The molecule has 0 atom stereocenters. The van der Waals surface area contributed by atoms with E-state index in [2.05, 4.69) is 21.3 Å². The van der Waals surface area contributed by atoms with Crippen LogP contribution >= 0.6 is 11.6 Å². The minimum absolute atomic E-state index is 0.197. The summed E-state index contributed by atoms with van der Waals surface area (Å²) >= 11 is 6.23. The second-order valence-electron chi connectivity index (χ2n) is 5.54. The molecule has 5 nitrogen and oxygen atoms in total. The molecule has 6 heteroatoms. The minimum Gasteiger partial charge on any atom is -0.478 e. The van der Waals surface area contributed by atoms with E-state index in [1.54, 1.807) is 18.3 Å². The zero-order valence-electron chi connectivity index (χ0n) is 12.6. The van der Waals surface area contributed by atoms with Gasteiger partial charge in [0.1, 0.15) is 11.4 Å². The maximum Gasteiger partial charge on any atom is 0.339 e. The van der Waals surface area contributed by atoms with Crippen molar-refractivity contribution in [3.8, 4) is 0 Å². The number of halogens is 1. The number of carboxylic acid groups (broad SMARTS) is 1. The van der Waals surface area contributed by atoms with Gasteiger partial charge in [-0.3, -0.25) is 4.90 Å². The fourth-order valence-electron chi connectivity index (χ4n) is 2.86. The largest absolute Gasteiger partial charge is 0.478 e. The van der Waals surface area contributed by atoms with Crippen molar-refractivity contribution in [1.82, 2.24) is 9.88 Å². The molecular formula is C17H18ClN3O2. The number of aromatic carboxylic acids is 1. The number of rotatable bonds is 5. The van der Waals surface area contributed by atoms with E-state index in [4.69, 9.17) is 16.7 Å². The van der Waals surface area contributed by atoms with Crippen LogP contribution in [0.25, 0.3) is 0 Å². The third kappa shape index (κ3) is 3.63. The fraction of sp³-hybridized carbons (Fsp3) is 0.294. The quantitative estimate of drug-likeness (QED) is 0.882. The van der Waals surface area contributed by atoms with E-state index < -0.39 is 5.97 Å². The topological polar surface area (TPSA) is 65.5 Å². The predicted molar refractivity (Wildman–Crippen MR) is 90.1 cm³/mol. The summed E-state index contributed by atoms with van der Waals surface area (Å²) in [4.78, 5) is 17.6. The van der Waals surface area contributed by atoms with Gasteiger partial charge in [0.15, 0.2) is 0 Å². The van der Waals surface area contributed by atoms with Gasteiger partial charge in [0.05, 0.1) is 0 Å². The molecule has 1 aromatic carbocycles. The Balaban J connectivity index is 1.57. The van der Waals surface area contributed by atoms with Crippen LogP contribution in [0.5, 0.6) is 0 Å². The second kappa shape index (κ2) is 6.98. The number of carboxylic acids is 1. The van der Waals surface area contributed by atoms with E-state index in [1.807, 2.05) is 12.1 Å². The minimum atomic E-state index is -0.970. The van der Waals surface area contributed by atoms with E-state index in [1.165, 1.54) is 11.1 Å². The van der Waals surface area contributed by atoms with Crippen LogP contribution in [0.3, 0.4) is 0 Å². The summed E-state index contributed by atoms with van der Waals surface area (Å²) in [6, 6.07) is 9.21. The fourth-order valence-corrected chi connectivity index (χ4v) is 3.15. The van der Waals surface area contributed by atoms with E-state index in [9.17, 15) is 4.79 Å². The Bertz CT molecular complexity index is 721. The molecule has 0 unspecified atom stereocenters. The Morgan fingerprint density at radius 2 is 2.22 bits per heavy atom. The average Bonchev–Trinajstić information content (AvgIpc) is 2.55. The molecule has 1 aliphatic heterocycles. The summed E-state index contributed by atoms with van der Waals surface area (Å²) in [7, 11) is 0. The average molecular weight is 332 g/mol. The highest BCUT2D eigenvalue weighted by atomic mass is 35.5. The summed E-state index contributed by atoms with van der Waals surface area (Å²) in [6.07, 6.45) is 2.53. The molecule has 2 N–H and O–H groups in total. The molecular weight excluding hydrogens is 314 g/mol. The molecule has 0 fully saturated rings. The molecule has 0 radical (unpaired) electrons. The normalized spacial score (nSPS) is 14.3. The number of nitrogens with zero attached hydrogens (tertiary/aromatic N) is 2. The molecule has 0 saturated heterocycles. The van der Waals surface area contributed by atoms with E-state index in [-0.39, 0.29) is 5.56 Å². The lowest BCUT2D eigenvalue weighted by atomic mass is 10.00. The number of hydrogen-bond donors (Lipinski definition) is 2. The van der Waals surface area contributed by atoms with Crippen LogP contribution in [0.2, 0.25) is 5.02 Å². The zero-order valence-corrected chi connectivity index (χ0v) is 13.4. The first-order chi connectivity index (χ1) is 11.1. The standard InChI is InChI=1S/C17H18ClN3O2/c18-15-5-1-3-12-11-21(9-6-13(12)15)10-8-20-16-14(17(22)23)4-2-7-19-16/h1-5,7H,6,8-11H2,(H,19,20)(H,22,23). The van der Waals surface area contributed by atoms with Crippen molar-refractivity contribution in [3.63, 3.8) is 0 Å². The SMILES string of the molecule is O=C(O)c1cccnc1NCCN1CCc2c(Cl)cccc2C1. The monoisotopic (exact) mass is 331 g/mol. The molecule has 2 aromatic rings. The van der Waals surface area contributed by atoms with Crippen LogP contribution in [0, 0.1) is 0 Å². The van der Waals surface area contributed by atoms with Gasteiger partial charge < -0.3 is 10.4 Å². The third-order valence-electron chi connectivity index (χ3n) is 4.05. The Morgan fingerprint density at radius 1 is 1.35 bits per heavy atom. The van der Waals surface area contributed by atoms with Crippen molar-refractivity contribution < 1.29 is 9.90 Å². The highest BCUT2D eigenvalue weighted by Crippen LogP contribution is 2.25. The van der Waals surface area contributed by atoms with Gasteiger partial charge in [-0.15, -0.1) is 0 Å². The van der Waals surface area contributed by atoms with Crippen LogP contribution in [-0.2, 0) is 13.0 Å². The van der Waals surface area contributed by atoms with Gasteiger partial charge in [0, 0.05) is 37.4 Å². The van der Waals surface area contributed by atoms with Crippen LogP contribution < -0.4 is 5.32 Å². The van der Waals surface area contributed by atoms with E-state index in [0.717, 1.165) is 31.1 Å². The van der Waals surface area contributed by atoms with Crippen LogP contribution in [0.15, 0.2) is 36.5 Å². The van der Waals surface area contributed by atoms with Crippen LogP contribution in [0.1, 0.15) is 21.5 Å². The highest BCUT2D eigenvalue weighted by molar-refractivity contribution is 6.31. The summed E-state index contributed by atoms with van der Waals surface area (Å²) in [6.45, 7) is 3.28. The zero-order chi connectivity index (χ0) is 16.2. The van der Waals surface area contributed by atoms with Crippen molar-refractivity contribution in [2.24, 2.45) is 0 Å². The molecule has 2 heterocycles. The lowest BCUT2D eigenvalue weighted by Gasteiger charge is -2.29. The van der Waals surface area contributed by atoms with Crippen molar-refractivity contribution in [2.75, 3.05) is 25.0 Å². The number of pyridine rings is 1. The number of aromatic nitrogens is 1. The molecule has 0 spiro atoms. The lowest BCUT2D eigenvalue weighted by Crippen LogP contribution is -2.34. The number of nitrogens with one attached hydrogen (secondary N) is 1. The Kier molecular flexibility index (Phi) is 4.79. The molecule has 0 aliphatic carbocycles. The van der Waals surface area contributed by atoms with Gasteiger partial charge in [-0.05, 0) is 35.7 Å². The van der Waals surface area contributed by atoms with Crippen molar-refractivity contribution in [3.05, 3.63) is 58.2 Å². The molecule has 120 valence electrons. The van der Waals surface area contributed by atoms with Gasteiger partial charge >= 0.3 is 5.97 Å². The summed E-state index contributed by atoms with van der Waals surface area (Å²) in [5.74, 6) is -0.553. The third-order valence-corrected chi connectivity index (χ3v) is 4.40. The van der Waals surface area contributed by atoms with E-state index >= 15 is 0 Å². The maximum atomic E-state index is 11.2. The molecule has 0 amide bonds. The second-order valence-corrected chi connectivity index (χ2v) is 5.94. The van der Waals surface area contributed by atoms with Crippen molar-refractivity contribution >= 4 is 23.4 Å². The van der Waals surface area contributed by atoms with Gasteiger partial charge in [0.25, 0.3) is 0 Å². The number of anilines is 1. The molecule has 1 aliphatic rings. The molecule has 3 rings (SSSR count). The highest BCUT2D eigenvalue weighted by Gasteiger charge is 2.18. The lowest BCUT2D eigenvalue weighted by molar-refractivity contribution is 0.0697. The summed E-state index contributed by atoms with van der Waals surface area (Å²) < 4.78 is 0. The van der Waals surface area contributed by atoms with Gasteiger partial charge in [0.2, 0.25) is 0 Å². The molecule has 1 aromatic heterocycles. The summed E-state index contributed by atoms with van der Waals surface area (Å²) in [5, 5.41) is 13.1. The van der Waals surface area contributed by atoms with Crippen LogP contribution in [-0.4, -0.2) is 40.6 Å². The smallest absolute Gasteiger partial charge is 0.339 e. The molecule has 0 saturated carbocycles. The van der Waals surface area contributed by atoms with Crippen LogP contribution in [0.4, 0.5) is 5.82 Å². The number of benzene rings is 1. The van der Waals surface area contributed by atoms with Crippen molar-refractivity contribution in [1.29, 1.82) is 0 Å². The van der Waals surface area contributed by atoms with E-state index in [0.29, 0.717) is 12.4 Å². The van der Waals surface area contributed by atoms with Crippen molar-refractivity contribution in [2.45, 2.75) is 13.0 Å². The Morgan fingerprint density at radius 3 is 3.04 bits per heavy atom. The van der Waals surface area contributed by atoms with Gasteiger partial charge in [-0.1, -0.05) is 23.7 Å². The van der Waals surface area contributed by atoms with Gasteiger partial charge in [-0.25, -0.2) is 9.78 Å².